The Kier molecular flexibility index (Phi) is 2.64. The first-order chi connectivity index (χ1) is 7.45. The summed E-state index contributed by atoms with van der Waals surface area (Å²) < 4.78 is 23.7. The third-order valence-electron chi connectivity index (χ3n) is 2.84. The maximum Gasteiger partial charge on any atom is 0.200 e. The van der Waals surface area contributed by atoms with Crippen LogP contribution in [-0.2, 0) is 9.84 Å². The molecular formula is C12H14O3S. The molecule has 0 bridgehead atoms. The molecule has 1 aromatic carbocycles. The quantitative estimate of drug-likeness (QED) is 0.854. The van der Waals surface area contributed by atoms with Gasteiger partial charge in [0.15, 0.2) is 0 Å². The number of hydrogen-bond donors (Lipinski definition) is 1. The largest absolute Gasteiger partial charge is 0.396 e. The number of fused-ring (bicyclic) bond motifs is 1. The Bertz CT molecular complexity index is 556. The van der Waals surface area contributed by atoms with Crippen molar-refractivity contribution in [3.63, 3.8) is 0 Å². The number of aliphatic hydroxyl groups is 1. The van der Waals surface area contributed by atoms with Gasteiger partial charge in [0.1, 0.15) is 0 Å². The summed E-state index contributed by atoms with van der Waals surface area (Å²) >= 11 is 0. The van der Waals surface area contributed by atoms with Crippen molar-refractivity contribution >= 4 is 15.4 Å². The molecule has 16 heavy (non-hydrogen) atoms. The van der Waals surface area contributed by atoms with Crippen molar-refractivity contribution in [2.24, 2.45) is 5.92 Å². The molecule has 1 aromatic rings. The molecule has 0 amide bonds. The van der Waals surface area contributed by atoms with E-state index in [1.54, 1.807) is 12.1 Å². The average molecular weight is 238 g/mol. The molecule has 0 fully saturated rings. The van der Waals surface area contributed by atoms with Gasteiger partial charge in [-0.1, -0.05) is 24.6 Å². The highest BCUT2D eigenvalue weighted by atomic mass is 32.2. The zero-order chi connectivity index (χ0) is 11.9. The van der Waals surface area contributed by atoms with Crippen LogP contribution in [0, 0.1) is 12.8 Å². The lowest BCUT2D eigenvalue weighted by Gasteiger charge is -2.10. The summed E-state index contributed by atoms with van der Waals surface area (Å²) in [5.41, 5.74) is 2.47. The van der Waals surface area contributed by atoms with Gasteiger partial charge in [0, 0.05) is 17.9 Å². The number of hydrogen-bond acceptors (Lipinski definition) is 3. The van der Waals surface area contributed by atoms with Crippen LogP contribution in [0.4, 0.5) is 0 Å². The fourth-order valence-corrected chi connectivity index (χ4v) is 3.45. The molecule has 1 heterocycles. The number of aliphatic hydroxyl groups excluding tert-OH is 1. The summed E-state index contributed by atoms with van der Waals surface area (Å²) in [6.45, 7) is 3.69. The third-order valence-corrected chi connectivity index (χ3v) is 4.37. The minimum atomic E-state index is -3.30. The second kappa shape index (κ2) is 3.71. The van der Waals surface area contributed by atoms with Crippen LogP contribution in [0.25, 0.3) is 5.57 Å². The number of sulfone groups is 1. The summed E-state index contributed by atoms with van der Waals surface area (Å²) in [7, 11) is -3.30. The van der Waals surface area contributed by atoms with Crippen molar-refractivity contribution in [2.45, 2.75) is 18.7 Å². The van der Waals surface area contributed by atoms with Crippen molar-refractivity contribution < 1.29 is 13.5 Å². The van der Waals surface area contributed by atoms with E-state index in [9.17, 15) is 8.42 Å². The molecule has 0 aromatic heterocycles. The Hall–Kier alpha value is -1.13. The van der Waals surface area contributed by atoms with E-state index in [1.165, 1.54) is 5.41 Å². The maximum absolute atomic E-state index is 11.8. The predicted molar refractivity (Wildman–Crippen MR) is 62.6 cm³/mol. The molecule has 4 heteroatoms. The third kappa shape index (κ3) is 1.68. The first-order valence-corrected chi connectivity index (χ1v) is 6.69. The maximum atomic E-state index is 11.8. The lowest BCUT2D eigenvalue weighted by atomic mass is 9.95. The second-order valence-electron chi connectivity index (χ2n) is 4.20. The summed E-state index contributed by atoms with van der Waals surface area (Å²) in [6, 6.07) is 5.28. The summed E-state index contributed by atoms with van der Waals surface area (Å²) in [5, 5.41) is 10.4. The molecule has 86 valence electrons. The van der Waals surface area contributed by atoms with Crippen LogP contribution in [-0.4, -0.2) is 20.1 Å². The molecular weight excluding hydrogens is 224 g/mol. The van der Waals surface area contributed by atoms with Crippen LogP contribution in [0.2, 0.25) is 0 Å². The molecule has 0 saturated carbocycles. The van der Waals surface area contributed by atoms with Crippen molar-refractivity contribution in [2.75, 3.05) is 6.61 Å². The summed E-state index contributed by atoms with van der Waals surface area (Å²) in [6.07, 6.45) is 0. The van der Waals surface area contributed by atoms with Crippen molar-refractivity contribution in [3.8, 4) is 0 Å². The summed E-state index contributed by atoms with van der Waals surface area (Å²) in [5.74, 6) is -0.155. The standard InChI is InChI=1S/C12H14O3S/c1-8-3-4-12-10(5-8)11(9(2)6-13)7-16(12,14)15/h3-5,7,9,13H,6H2,1-2H3. The van der Waals surface area contributed by atoms with E-state index in [0.717, 1.165) is 11.1 Å². The molecule has 0 aliphatic carbocycles. The van der Waals surface area contributed by atoms with Crippen LogP contribution >= 0.6 is 0 Å². The Morgan fingerprint density at radius 2 is 2.06 bits per heavy atom. The predicted octanol–water partition coefficient (Wildman–Crippen LogP) is 1.75. The van der Waals surface area contributed by atoms with E-state index in [0.29, 0.717) is 10.5 Å². The monoisotopic (exact) mass is 238 g/mol. The minimum Gasteiger partial charge on any atom is -0.396 e. The Balaban J connectivity index is 2.66. The number of rotatable bonds is 2. The molecule has 1 aliphatic heterocycles. The highest BCUT2D eigenvalue weighted by Gasteiger charge is 2.29. The molecule has 3 nitrogen and oxygen atoms in total. The number of aryl methyl sites for hydroxylation is 1. The normalized spacial score (nSPS) is 19.1. The average Bonchev–Trinajstić information content (AvgIpc) is 2.49. The van der Waals surface area contributed by atoms with Gasteiger partial charge in [-0.3, -0.25) is 0 Å². The Labute approximate surface area is 95.3 Å². The van der Waals surface area contributed by atoms with Gasteiger partial charge in [0.25, 0.3) is 0 Å². The first-order valence-electron chi connectivity index (χ1n) is 5.14. The zero-order valence-electron chi connectivity index (χ0n) is 9.27. The van der Waals surface area contributed by atoms with Gasteiger partial charge in [0.05, 0.1) is 4.90 Å². The van der Waals surface area contributed by atoms with Crippen molar-refractivity contribution in [3.05, 3.63) is 34.7 Å². The van der Waals surface area contributed by atoms with E-state index >= 15 is 0 Å². The lowest BCUT2D eigenvalue weighted by molar-refractivity contribution is 0.266. The van der Waals surface area contributed by atoms with Crippen LogP contribution in [0.15, 0.2) is 28.5 Å². The Morgan fingerprint density at radius 1 is 1.38 bits per heavy atom. The van der Waals surface area contributed by atoms with E-state index in [4.69, 9.17) is 5.11 Å². The van der Waals surface area contributed by atoms with Crippen molar-refractivity contribution in [1.82, 2.24) is 0 Å². The molecule has 1 aliphatic rings. The van der Waals surface area contributed by atoms with Gasteiger partial charge in [-0.25, -0.2) is 8.42 Å². The van der Waals surface area contributed by atoms with E-state index in [-0.39, 0.29) is 12.5 Å². The van der Waals surface area contributed by atoms with Crippen molar-refractivity contribution in [1.29, 1.82) is 0 Å². The number of benzene rings is 1. The minimum absolute atomic E-state index is 0.0469. The van der Waals surface area contributed by atoms with Gasteiger partial charge >= 0.3 is 0 Å². The van der Waals surface area contributed by atoms with Crippen LogP contribution in [0.5, 0.6) is 0 Å². The van der Waals surface area contributed by atoms with E-state index in [1.807, 2.05) is 19.9 Å². The van der Waals surface area contributed by atoms with E-state index < -0.39 is 9.84 Å². The topological polar surface area (TPSA) is 54.4 Å². The smallest absolute Gasteiger partial charge is 0.200 e. The van der Waals surface area contributed by atoms with Gasteiger partial charge in [-0.2, -0.15) is 0 Å². The van der Waals surface area contributed by atoms with Gasteiger partial charge in [-0.05, 0) is 24.1 Å². The second-order valence-corrected chi connectivity index (χ2v) is 5.97. The van der Waals surface area contributed by atoms with Gasteiger partial charge < -0.3 is 5.11 Å². The molecule has 1 N–H and O–H groups in total. The lowest BCUT2D eigenvalue weighted by Crippen LogP contribution is -2.02. The Morgan fingerprint density at radius 3 is 2.69 bits per heavy atom. The fourth-order valence-electron chi connectivity index (χ4n) is 1.89. The van der Waals surface area contributed by atoms with E-state index in [2.05, 4.69) is 0 Å². The summed E-state index contributed by atoms with van der Waals surface area (Å²) in [4.78, 5) is 0.355. The molecule has 1 unspecified atom stereocenters. The highest BCUT2D eigenvalue weighted by molar-refractivity contribution is 7.95. The molecule has 0 spiro atoms. The van der Waals surface area contributed by atoms with Crippen LogP contribution in [0.1, 0.15) is 18.1 Å². The van der Waals surface area contributed by atoms with Gasteiger partial charge in [-0.15, -0.1) is 0 Å². The highest BCUT2D eigenvalue weighted by Crippen LogP contribution is 2.37. The zero-order valence-corrected chi connectivity index (χ0v) is 10.1. The molecule has 0 radical (unpaired) electrons. The molecule has 2 rings (SSSR count). The van der Waals surface area contributed by atoms with Crippen LogP contribution < -0.4 is 0 Å². The first kappa shape index (κ1) is 11.4. The fraction of sp³-hybridized carbons (Fsp3) is 0.333. The molecule has 1 atom stereocenters. The SMILES string of the molecule is Cc1ccc2c(c1)C(C(C)CO)=CS2(=O)=O. The van der Waals surface area contributed by atoms with Crippen LogP contribution in [0.3, 0.4) is 0 Å². The van der Waals surface area contributed by atoms with Gasteiger partial charge in [0.2, 0.25) is 9.84 Å². The molecule has 0 saturated heterocycles.